The molecule has 1 atom stereocenters. The quantitative estimate of drug-likeness (QED) is 0.415. The van der Waals surface area contributed by atoms with Gasteiger partial charge in [-0.05, 0) is 29.3 Å². The smallest absolute Gasteiger partial charge is 0.324 e. The average Bonchev–Trinajstić information content (AvgIpc) is 2.34. The van der Waals surface area contributed by atoms with Crippen LogP contribution in [0.15, 0.2) is 30.3 Å². The van der Waals surface area contributed by atoms with Gasteiger partial charge in [0.15, 0.2) is 0 Å². The maximum absolute atomic E-state index is 11.2. The molecule has 0 saturated heterocycles. The van der Waals surface area contributed by atoms with Crippen molar-refractivity contribution in [1.82, 2.24) is 0 Å². The molecule has 0 heterocycles. The molecule has 9 heteroatoms. The number of rotatable bonds is 8. The van der Waals surface area contributed by atoms with Crippen LogP contribution in [-0.4, -0.2) is 42.7 Å². The van der Waals surface area contributed by atoms with Gasteiger partial charge in [0.05, 0.1) is 6.26 Å². The molecule has 1 unspecified atom stereocenters. The topological polar surface area (TPSA) is 115 Å². The Labute approximate surface area is 127 Å². The average molecular weight is 355 g/mol. The first-order valence-electron chi connectivity index (χ1n) is 6.34. The number of aryl methyl sites for hydroxylation is 1. The summed E-state index contributed by atoms with van der Waals surface area (Å²) in [5.41, 5.74) is 1.18. The lowest BCUT2D eigenvalue weighted by atomic mass is 10.1. The van der Waals surface area contributed by atoms with Gasteiger partial charge in [0.1, 0.15) is 11.5 Å². The van der Waals surface area contributed by atoms with Crippen molar-refractivity contribution in [2.24, 2.45) is 0 Å². The Bertz CT molecular complexity index is 504. The summed E-state index contributed by atoms with van der Waals surface area (Å²) in [5.74, 6) is 0.536. The van der Waals surface area contributed by atoms with Crippen LogP contribution in [0.3, 0.4) is 0 Å². The van der Waals surface area contributed by atoms with Gasteiger partial charge in [0, 0.05) is 0 Å². The normalized spacial score (nSPS) is 14.4. The highest BCUT2D eigenvalue weighted by molar-refractivity contribution is 7.97. The highest BCUT2D eigenvalue weighted by Crippen LogP contribution is 2.60. The highest BCUT2D eigenvalue weighted by Gasteiger charge is 2.47. The van der Waals surface area contributed by atoms with Crippen LogP contribution < -0.4 is 0 Å². The summed E-state index contributed by atoms with van der Waals surface area (Å²) >= 11 is 0. The molecule has 4 N–H and O–H groups in total. The Morgan fingerprint density at radius 2 is 1.57 bits per heavy atom. The van der Waals surface area contributed by atoms with Crippen LogP contribution in [-0.2, 0) is 26.4 Å². The fourth-order valence-electron chi connectivity index (χ4n) is 1.90. The largest absolute Gasteiger partial charge is 0.345 e. The third-order valence-corrected chi connectivity index (χ3v) is 9.12. The van der Waals surface area contributed by atoms with Crippen LogP contribution in [0.1, 0.15) is 12.0 Å². The van der Waals surface area contributed by atoms with Crippen LogP contribution in [0.25, 0.3) is 0 Å². The van der Waals surface area contributed by atoms with Crippen molar-refractivity contribution in [3.8, 4) is 0 Å². The zero-order chi connectivity index (χ0) is 16.1. The van der Waals surface area contributed by atoms with Crippen molar-refractivity contribution in [1.29, 1.82) is 0 Å². The lowest BCUT2D eigenvalue weighted by molar-refractivity contribution is 0.342. The maximum Gasteiger partial charge on any atom is 0.345 e. The van der Waals surface area contributed by atoms with Crippen LogP contribution >= 0.6 is 15.2 Å². The van der Waals surface area contributed by atoms with Crippen LogP contribution in [0.2, 0.25) is 0 Å². The molecule has 0 amide bonds. The van der Waals surface area contributed by atoms with Gasteiger partial charge < -0.3 is 19.6 Å². The molecule has 1 rings (SSSR count). The molecule has 1 aromatic rings. The zero-order valence-electron chi connectivity index (χ0n) is 11.7. The summed E-state index contributed by atoms with van der Waals surface area (Å²) in [6.45, 7) is 0. The molecule has 0 fully saturated rings. The SMILES string of the molecule is C[S+](CCCc1ccccc1)CC(P(=O)(O)O)P(=O)(O)O. The van der Waals surface area contributed by atoms with E-state index in [9.17, 15) is 9.13 Å². The van der Waals surface area contributed by atoms with Gasteiger partial charge in [0.2, 0.25) is 5.40 Å². The van der Waals surface area contributed by atoms with E-state index in [0.717, 1.165) is 12.8 Å². The minimum Gasteiger partial charge on any atom is -0.324 e. The van der Waals surface area contributed by atoms with Crippen LogP contribution in [0.5, 0.6) is 0 Å². The molecule has 0 bridgehead atoms. The molecular formula is C12H21O6P2S+. The third-order valence-electron chi connectivity index (χ3n) is 3.01. The van der Waals surface area contributed by atoms with Gasteiger partial charge in [-0.15, -0.1) is 0 Å². The van der Waals surface area contributed by atoms with E-state index < -0.39 is 31.5 Å². The van der Waals surface area contributed by atoms with Gasteiger partial charge in [-0.2, -0.15) is 0 Å². The maximum atomic E-state index is 11.2. The molecule has 0 saturated carbocycles. The van der Waals surface area contributed by atoms with Crippen molar-refractivity contribution in [3.05, 3.63) is 35.9 Å². The lowest BCUT2D eigenvalue weighted by Gasteiger charge is -2.18. The fraction of sp³-hybridized carbons (Fsp3) is 0.500. The third kappa shape index (κ3) is 7.11. The predicted molar refractivity (Wildman–Crippen MR) is 85.7 cm³/mol. The van der Waals surface area contributed by atoms with Gasteiger partial charge in [0.25, 0.3) is 0 Å². The summed E-state index contributed by atoms with van der Waals surface area (Å²) in [6, 6.07) is 9.82. The van der Waals surface area contributed by atoms with Crippen LogP contribution in [0.4, 0.5) is 0 Å². The molecular weight excluding hydrogens is 334 g/mol. The van der Waals surface area contributed by atoms with Crippen molar-refractivity contribution in [2.75, 3.05) is 17.8 Å². The molecule has 0 aliphatic carbocycles. The Balaban J connectivity index is 2.50. The minimum absolute atomic E-state index is 0.149. The Kier molecular flexibility index (Phi) is 7.14. The summed E-state index contributed by atoms with van der Waals surface area (Å²) < 4.78 is 22.4. The molecule has 21 heavy (non-hydrogen) atoms. The monoisotopic (exact) mass is 355 g/mol. The van der Waals surface area contributed by atoms with Gasteiger partial charge in [-0.25, -0.2) is 0 Å². The lowest BCUT2D eigenvalue weighted by Crippen LogP contribution is -2.23. The van der Waals surface area contributed by atoms with E-state index >= 15 is 0 Å². The highest BCUT2D eigenvalue weighted by atomic mass is 32.2. The van der Waals surface area contributed by atoms with E-state index in [1.165, 1.54) is 5.56 Å². The van der Waals surface area contributed by atoms with E-state index in [1.807, 2.05) is 30.3 Å². The molecule has 6 nitrogen and oxygen atoms in total. The second-order valence-electron chi connectivity index (χ2n) is 4.90. The van der Waals surface area contributed by atoms with Gasteiger partial charge in [-0.1, -0.05) is 30.3 Å². The van der Waals surface area contributed by atoms with Crippen molar-refractivity contribution < 1.29 is 28.7 Å². The predicted octanol–water partition coefficient (Wildman–Crippen LogP) is 1.55. The second kappa shape index (κ2) is 7.93. The molecule has 0 spiro atoms. The summed E-state index contributed by atoms with van der Waals surface area (Å²) in [4.78, 5) is 36.4. The molecule has 0 aromatic heterocycles. The number of benzene rings is 1. The Morgan fingerprint density at radius 3 is 2.05 bits per heavy atom. The first-order valence-corrected chi connectivity index (χ1v) is 11.7. The molecule has 0 aliphatic heterocycles. The van der Waals surface area contributed by atoms with Crippen molar-refractivity contribution in [2.45, 2.75) is 18.2 Å². The Hall–Kier alpha value is -0.130. The first kappa shape index (κ1) is 18.9. The summed E-state index contributed by atoms with van der Waals surface area (Å²) in [5, 5.41) is -1.88. The van der Waals surface area contributed by atoms with Crippen LogP contribution in [0, 0.1) is 0 Å². The van der Waals surface area contributed by atoms with E-state index in [4.69, 9.17) is 19.6 Å². The van der Waals surface area contributed by atoms with E-state index in [0.29, 0.717) is 5.75 Å². The molecule has 0 aliphatic rings. The molecule has 120 valence electrons. The zero-order valence-corrected chi connectivity index (χ0v) is 14.3. The van der Waals surface area contributed by atoms with Gasteiger partial charge >= 0.3 is 15.2 Å². The van der Waals surface area contributed by atoms with Gasteiger partial charge in [-0.3, -0.25) is 9.13 Å². The Morgan fingerprint density at radius 1 is 1.05 bits per heavy atom. The minimum atomic E-state index is -4.80. The number of hydrogen-bond acceptors (Lipinski definition) is 2. The fourth-order valence-corrected chi connectivity index (χ4v) is 7.86. The molecule has 1 aromatic carbocycles. The standard InChI is InChI=1S/C12H20O6P2S/c1-21(9-5-8-11-6-3-2-4-7-11)10-12(19(13,14)15)20(16,17)18/h2-4,6-7,12H,5,8-10H2,1H3,(H3-,13,14,15,16,17,18)/p+1. The van der Waals surface area contributed by atoms with E-state index in [2.05, 4.69) is 0 Å². The summed E-state index contributed by atoms with van der Waals surface area (Å²) in [7, 11) is -10.0. The first-order chi connectivity index (χ1) is 9.60. The van der Waals surface area contributed by atoms with Crippen molar-refractivity contribution in [3.63, 3.8) is 0 Å². The second-order valence-corrected chi connectivity index (χ2v) is 11.2. The van der Waals surface area contributed by atoms with E-state index in [1.54, 1.807) is 6.26 Å². The number of hydrogen-bond donors (Lipinski definition) is 4. The summed E-state index contributed by atoms with van der Waals surface area (Å²) in [6.07, 6.45) is 3.44. The van der Waals surface area contributed by atoms with Crippen molar-refractivity contribution >= 4 is 26.1 Å². The molecule has 0 radical (unpaired) electrons. The van der Waals surface area contributed by atoms with E-state index in [-0.39, 0.29) is 5.75 Å².